The van der Waals surface area contributed by atoms with E-state index in [4.69, 9.17) is 19.3 Å². The van der Waals surface area contributed by atoms with Crippen molar-refractivity contribution in [2.75, 3.05) is 19.8 Å². The van der Waals surface area contributed by atoms with Crippen molar-refractivity contribution in [1.29, 1.82) is 0 Å². The molecule has 0 aromatic heterocycles. The van der Waals surface area contributed by atoms with Gasteiger partial charge in [-0.1, -0.05) is 18.2 Å². The number of ether oxygens (including phenoxy) is 3. The summed E-state index contributed by atoms with van der Waals surface area (Å²) >= 11 is 0. The molecule has 0 heterocycles. The van der Waals surface area contributed by atoms with Gasteiger partial charge in [0.25, 0.3) is 0 Å². The number of rotatable bonds is 14. The van der Waals surface area contributed by atoms with E-state index in [2.05, 4.69) is 0 Å². The Hall–Kier alpha value is -2.44. The van der Waals surface area contributed by atoms with Crippen LogP contribution in [0.5, 0.6) is 0 Å². The number of carboxylic acid groups (broad SMARTS) is 2. The number of hydrogen-bond acceptors (Lipinski definition) is 5. The lowest BCUT2D eigenvalue weighted by Gasteiger charge is -2.33. The van der Waals surface area contributed by atoms with Crippen LogP contribution < -0.4 is 0 Å². The topological polar surface area (TPSA) is 102 Å². The molecule has 0 radical (unpaired) electrons. The van der Waals surface area contributed by atoms with Crippen molar-refractivity contribution in [3.63, 3.8) is 0 Å². The highest BCUT2D eigenvalue weighted by Gasteiger charge is 2.39. The van der Waals surface area contributed by atoms with E-state index in [1.165, 1.54) is 18.8 Å². The molecule has 1 unspecified atom stereocenters. The Morgan fingerprint density at radius 1 is 0.880 bits per heavy atom. The van der Waals surface area contributed by atoms with E-state index in [9.17, 15) is 14.7 Å². The molecule has 25 heavy (non-hydrogen) atoms. The molecular weight excluding hydrogens is 328 g/mol. The second-order valence-electron chi connectivity index (χ2n) is 5.68. The van der Waals surface area contributed by atoms with Crippen LogP contribution >= 0.6 is 0 Å². The minimum atomic E-state index is -1.17. The minimum Gasteiger partial charge on any atom is -0.501 e. The van der Waals surface area contributed by atoms with Gasteiger partial charge in [0.05, 0.1) is 56.4 Å². The van der Waals surface area contributed by atoms with Crippen LogP contribution in [0.4, 0.5) is 0 Å². The first-order valence-electron chi connectivity index (χ1n) is 8.03. The summed E-state index contributed by atoms with van der Waals surface area (Å²) in [4.78, 5) is 22.5. The minimum absolute atomic E-state index is 0.0430. The molecular formula is C18H28O7. The zero-order chi connectivity index (χ0) is 19.1. The average Bonchev–Trinajstić information content (AvgIpc) is 2.54. The summed E-state index contributed by atoms with van der Waals surface area (Å²) in [6.45, 7) is 5.78. The second-order valence-corrected chi connectivity index (χ2v) is 5.68. The molecule has 0 rings (SSSR count). The Balaban J connectivity index is 5.46. The van der Waals surface area contributed by atoms with Crippen LogP contribution in [0, 0.1) is 11.3 Å². The summed E-state index contributed by atoms with van der Waals surface area (Å²) < 4.78 is 16.4. The van der Waals surface area contributed by atoms with E-state index in [0.29, 0.717) is 0 Å². The highest BCUT2D eigenvalue weighted by atomic mass is 16.5. The van der Waals surface area contributed by atoms with Crippen LogP contribution in [-0.2, 0) is 23.8 Å². The van der Waals surface area contributed by atoms with Gasteiger partial charge in [-0.25, -0.2) is 0 Å². The predicted molar refractivity (Wildman–Crippen MR) is 92.7 cm³/mol. The van der Waals surface area contributed by atoms with Crippen LogP contribution in [0.3, 0.4) is 0 Å². The highest BCUT2D eigenvalue weighted by Crippen LogP contribution is 2.31. The number of allylic oxidation sites excluding steroid dienone is 3. The smallest absolute Gasteiger partial charge is 0.307 e. The number of aliphatic carboxylic acids is 2. The Bertz CT molecular complexity index is 439. The number of carboxylic acids is 2. The molecule has 0 bridgehead atoms. The zero-order valence-corrected chi connectivity index (χ0v) is 15.0. The van der Waals surface area contributed by atoms with Crippen molar-refractivity contribution >= 4 is 11.9 Å². The third-order valence-corrected chi connectivity index (χ3v) is 3.32. The maximum atomic E-state index is 11.5. The fourth-order valence-corrected chi connectivity index (χ4v) is 2.25. The molecule has 7 heteroatoms. The van der Waals surface area contributed by atoms with Gasteiger partial charge < -0.3 is 24.4 Å². The van der Waals surface area contributed by atoms with Crippen molar-refractivity contribution in [2.24, 2.45) is 11.3 Å². The lowest BCUT2D eigenvalue weighted by Crippen LogP contribution is -2.40. The lowest BCUT2D eigenvalue weighted by atomic mass is 9.79. The highest BCUT2D eigenvalue weighted by molar-refractivity contribution is 5.77. The van der Waals surface area contributed by atoms with Gasteiger partial charge in [-0.05, 0) is 27.2 Å². The molecule has 0 aromatic rings. The summed E-state index contributed by atoms with van der Waals surface area (Å²) in [5, 5.41) is 18.4. The van der Waals surface area contributed by atoms with Crippen LogP contribution in [0.1, 0.15) is 33.6 Å². The van der Waals surface area contributed by atoms with Crippen molar-refractivity contribution in [2.45, 2.75) is 33.6 Å². The van der Waals surface area contributed by atoms with Gasteiger partial charge in [0.2, 0.25) is 0 Å². The molecule has 2 N–H and O–H groups in total. The first kappa shape index (κ1) is 22.6. The quantitative estimate of drug-likeness (QED) is 0.461. The molecule has 7 nitrogen and oxygen atoms in total. The molecule has 0 saturated carbocycles. The van der Waals surface area contributed by atoms with Gasteiger partial charge in [0, 0.05) is 0 Å². The fourth-order valence-electron chi connectivity index (χ4n) is 2.25. The Morgan fingerprint density at radius 3 is 1.56 bits per heavy atom. The van der Waals surface area contributed by atoms with E-state index in [0.717, 1.165) is 0 Å². The molecule has 0 spiro atoms. The fraction of sp³-hybridized carbons (Fsp3) is 0.556. The maximum Gasteiger partial charge on any atom is 0.307 e. The van der Waals surface area contributed by atoms with Crippen LogP contribution in [-0.4, -0.2) is 42.0 Å². The molecule has 0 aliphatic rings. The Labute approximate surface area is 148 Å². The number of hydrogen-bond donors (Lipinski definition) is 2. The van der Waals surface area contributed by atoms with Crippen LogP contribution in [0.2, 0.25) is 0 Å². The summed E-state index contributed by atoms with van der Waals surface area (Å²) in [7, 11) is 0. The van der Waals surface area contributed by atoms with Crippen molar-refractivity contribution < 1.29 is 34.0 Å². The first-order valence-corrected chi connectivity index (χ1v) is 8.03. The first-order chi connectivity index (χ1) is 11.9. The third-order valence-electron chi connectivity index (χ3n) is 3.32. The summed E-state index contributed by atoms with van der Waals surface area (Å²) in [5.41, 5.74) is -0.822. The molecule has 0 aliphatic carbocycles. The van der Waals surface area contributed by atoms with Gasteiger partial charge in [0.1, 0.15) is 0 Å². The normalized spacial score (nSPS) is 15.3. The summed E-state index contributed by atoms with van der Waals surface area (Å²) in [6.07, 6.45) is 9.16. The maximum absolute atomic E-state index is 11.5. The summed E-state index contributed by atoms with van der Waals surface area (Å²) in [5.74, 6) is -3.41. The molecule has 0 aromatic carbocycles. The molecule has 0 amide bonds. The second kappa shape index (κ2) is 12.9. The standard InChI is InChI=1S/C18H28O7/c1-4-7-23-12-18(13-24-8-5-2,14-25-9-6-3)11-15(17(21)22)10-16(19)20/h4-9,15H,10-14H2,1-3H3,(H,19,20)(H,21,22). The van der Waals surface area contributed by atoms with Crippen molar-refractivity contribution in [3.05, 3.63) is 37.0 Å². The van der Waals surface area contributed by atoms with E-state index in [-0.39, 0.29) is 26.2 Å². The largest absolute Gasteiger partial charge is 0.501 e. The number of carbonyl (C=O) groups is 2. The van der Waals surface area contributed by atoms with Gasteiger partial charge in [-0.3, -0.25) is 9.59 Å². The summed E-state index contributed by atoms with van der Waals surface area (Å²) in [6, 6.07) is 0. The molecule has 142 valence electrons. The monoisotopic (exact) mass is 356 g/mol. The Morgan fingerprint density at radius 2 is 1.28 bits per heavy atom. The van der Waals surface area contributed by atoms with Crippen LogP contribution in [0.15, 0.2) is 37.0 Å². The molecule has 1 atom stereocenters. The van der Waals surface area contributed by atoms with Crippen molar-refractivity contribution in [3.8, 4) is 0 Å². The molecule has 0 fully saturated rings. The van der Waals surface area contributed by atoms with Crippen molar-refractivity contribution in [1.82, 2.24) is 0 Å². The van der Waals surface area contributed by atoms with E-state index in [1.807, 2.05) is 0 Å². The van der Waals surface area contributed by atoms with E-state index in [1.54, 1.807) is 39.0 Å². The van der Waals surface area contributed by atoms with Gasteiger partial charge in [-0.15, -0.1) is 0 Å². The van der Waals surface area contributed by atoms with E-state index >= 15 is 0 Å². The molecule has 0 aliphatic heterocycles. The predicted octanol–water partition coefficient (Wildman–Crippen LogP) is 3.19. The molecule has 0 saturated heterocycles. The third kappa shape index (κ3) is 10.1. The van der Waals surface area contributed by atoms with Gasteiger partial charge in [0.15, 0.2) is 0 Å². The zero-order valence-electron chi connectivity index (χ0n) is 15.0. The van der Waals surface area contributed by atoms with Crippen LogP contribution in [0.25, 0.3) is 0 Å². The SMILES string of the molecule is CC=COCC(COC=CC)(COC=CC)CC(CC(=O)O)C(=O)O. The van der Waals surface area contributed by atoms with E-state index < -0.39 is 29.7 Å². The Kier molecular flexibility index (Phi) is 11.7. The lowest BCUT2D eigenvalue weighted by molar-refractivity contribution is -0.150. The average molecular weight is 356 g/mol. The van der Waals surface area contributed by atoms with Gasteiger partial charge in [-0.2, -0.15) is 0 Å². The van der Waals surface area contributed by atoms with Gasteiger partial charge >= 0.3 is 11.9 Å².